The van der Waals surface area contributed by atoms with Crippen molar-refractivity contribution in [3.63, 3.8) is 0 Å². The number of rotatable bonds is 5. The molecule has 1 saturated heterocycles. The summed E-state index contributed by atoms with van der Waals surface area (Å²) < 4.78 is 0. The Balaban J connectivity index is 2.19. The summed E-state index contributed by atoms with van der Waals surface area (Å²) in [6.07, 6.45) is 5.56. The Morgan fingerprint density at radius 3 is 2.26 bits per heavy atom. The minimum Gasteiger partial charge on any atom is -0.480 e. The maximum absolute atomic E-state index is 12.3. The number of imide groups is 1. The third kappa shape index (κ3) is 2.63. The molecule has 2 aliphatic rings. The van der Waals surface area contributed by atoms with Gasteiger partial charge >= 0.3 is 5.97 Å². The van der Waals surface area contributed by atoms with Crippen molar-refractivity contribution < 1.29 is 19.5 Å². The van der Waals surface area contributed by atoms with E-state index in [0.717, 1.165) is 30.6 Å². The third-order valence-electron chi connectivity index (χ3n) is 4.07. The standard InChI is InChI=1S/C13H19NO4S/c1-19-7-6-10(13(17)18)14-11(15)8-4-2-3-5-9(8)12(14)16/h8-10H,2-7H2,1H3,(H,17,18)/t8-,9+,10-/m0/s1. The third-order valence-corrected chi connectivity index (χ3v) is 4.71. The number of carbonyl (C=O) groups is 3. The first-order valence-corrected chi connectivity index (χ1v) is 8.06. The SMILES string of the molecule is CSCC[C@@H](C(=O)O)N1C(=O)[C@H]2CCCC[C@H]2C1=O. The normalized spacial score (nSPS) is 28.4. The Morgan fingerprint density at radius 1 is 1.32 bits per heavy atom. The Morgan fingerprint density at radius 2 is 1.84 bits per heavy atom. The molecule has 0 aromatic heterocycles. The quantitative estimate of drug-likeness (QED) is 0.772. The number of carbonyl (C=O) groups excluding carboxylic acids is 2. The van der Waals surface area contributed by atoms with E-state index in [9.17, 15) is 19.5 Å². The Hall–Kier alpha value is -1.04. The number of likely N-dealkylation sites (tertiary alicyclic amines) is 1. The summed E-state index contributed by atoms with van der Waals surface area (Å²) in [5.74, 6) is -1.50. The van der Waals surface area contributed by atoms with Crippen molar-refractivity contribution in [3.05, 3.63) is 0 Å². The lowest BCUT2D eigenvalue weighted by Crippen LogP contribution is -2.45. The lowest BCUT2D eigenvalue weighted by molar-refractivity contribution is -0.155. The van der Waals surface area contributed by atoms with Crippen LogP contribution in [-0.4, -0.2) is 45.8 Å². The van der Waals surface area contributed by atoms with Gasteiger partial charge in [-0.05, 0) is 31.3 Å². The van der Waals surface area contributed by atoms with E-state index in [0.29, 0.717) is 12.2 Å². The second-order valence-corrected chi connectivity index (χ2v) is 6.17. The van der Waals surface area contributed by atoms with Gasteiger partial charge in [-0.2, -0.15) is 11.8 Å². The first-order chi connectivity index (χ1) is 9.07. The fourth-order valence-electron chi connectivity index (χ4n) is 3.09. The van der Waals surface area contributed by atoms with Crippen molar-refractivity contribution in [3.8, 4) is 0 Å². The Labute approximate surface area is 116 Å². The lowest BCUT2D eigenvalue weighted by atomic mass is 9.81. The molecule has 0 aromatic rings. The van der Waals surface area contributed by atoms with Gasteiger partial charge in [0.25, 0.3) is 0 Å². The minimum atomic E-state index is -1.07. The van der Waals surface area contributed by atoms with E-state index in [-0.39, 0.29) is 23.7 Å². The summed E-state index contributed by atoms with van der Waals surface area (Å²) in [5, 5.41) is 9.27. The summed E-state index contributed by atoms with van der Waals surface area (Å²) in [6.45, 7) is 0. The van der Waals surface area contributed by atoms with Gasteiger partial charge in [0.15, 0.2) is 0 Å². The molecule has 1 saturated carbocycles. The van der Waals surface area contributed by atoms with Gasteiger partial charge in [0, 0.05) is 0 Å². The highest BCUT2D eigenvalue weighted by molar-refractivity contribution is 7.98. The summed E-state index contributed by atoms with van der Waals surface area (Å²) in [7, 11) is 0. The highest BCUT2D eigenvalue weighted by Gasteiger charge is 2.51. The predicted molar refractivity (Wildman–Crippen MR) is 71.7 cm³/mol. The van der Waals surface area contributed by atoms with Gasteiger partial charge in [0.2, 0.25) is 11.8 Å². The molecular formula is C13H19NO4S. The topological polar surface area (TPSA) is 74.7 Å². The molecular weight excluding hydrogens is 266 g/mol. The lowest BCUT2D eigenvalue weighted by Gasteiger charge is -2.22. The highest BCUT2D eigenvalue weighted by Crippen LogP contribution is 2.39. The fourth-order valence-corrected chi connectivity index (χ4v) is 3.55. The first-order valence-electron chi connectivity index (χ1n) is 6.66. The van der Waals surface area contributed by atoms with Crippen molar-refractivity contribution in [1.82, 2.24) is 4.90 Å². The maximum atomic E-state index is 12.3. The summed E-state index contributed by atoms with van der Waals surface area (Å²) in [4.78, 5) is 37.0. The van der Waals surface area contributed by atoms with Crippen LogP contribution in [0.3, 0.4) is 0 Å². The number of fused-ring (bicyclic) bond motifs is 1. The van der Waals surface area contributed by atoms with Crippen LogP contribution in [0.4, 0.5) is 0 Å². The number of carboxylic acids is 1. The molecule has 3 atom stereocenters. The van der Waals surface area contributed by atoms with E-state index in [4.69, 9.17) is 0 Å². The molecule has 1 aliphatic heterocycles. The zero-order valence-electron chi connectivity index (χ0n) is 11.0. The van der Waals surface area contributed by atoms with Crippen LogP contribution in [-0.2, 0) is 14.4 Å². The summed E-state index contributed by atoms with van der Waals surface area (Å²) in [5.41, 5.74) is 0. The highest BCUT2D eigenvalue weighted by atomic mass is 32.2. The van der Waals surface area contributed by atoms with Gasteiger partial charge in [-0.15, -0.1) is 0 Å². The molecule has 0 radical (unpaired) electrons. The maximum Gasteiger partial charge on any atom is 0.326 e. The molecule has 5 nitrogen and oxygen atoms in total. The molecule has 0 unspecified atom stereocenters. The Bertz CT molecular complexity index is 374. The van der Waals surface area contributed by atoms with Gasteiger partial charge < -0.3 is 5.11 Å². The molecule has 1 aliphatic carbocycles. The largest absolute Gasteiger partial charge is 0.480 e. The number of aliphatic carboxylic acids is 1. The van der Waals surface area contributed by atoms with Crippen molar-refractivity contribution in [1.29, 1.82) is 0 Å². The number of hydrogen-bond acceptors (Lipinski definition) is 4. The summed E-state index contributed by atoms with van der Waals surface area (Å²) in [6, 6.07) is -0.988. The summed E-state index contributed by atoms with van der Waals surface area (Å²) >= 11 is 1.52. The number of amides is 2. The predicted octanol–water partition coefficient (Wildman–Crippen LogP) is 1.37. The molecule has 1 N–H and O–H groups in total. The molecule has 19 heavy (non-hydrogen) atoms. The van der Waals surface area contributed by atoms with Crippen molar-refractivity contribution in [2.24, 2.45) is 11.8 Å². The molecule has 2 amide bonds. The number of carboxylic acid groups (broad SMARTS) is 1. The molecule has 0 spiro atoms. The molecule has 106 valence electrons. The van der Waals surface area contributed by atoms with Crippen LogP contribution in [0.25, 0.3) is 0 Å². The molecule has 2 rings (SSSR count). The van der Waals surface area contributed by atoms with Gasteiger partial charge in [0.1, 0.15) is 6.04 Å². The van der Waals surface area contributed by atoms with Crippen molar-refractivity contribution in [2.45, 2.75) is 38.1 Å². The molecule has 2 fully saturated rings. The van der Waals surface area contributed by atoms with Crippen LogP contribution < -0.4 is 0 Å². The van der Waals surface area contributed by atoms with Crippen LogP contribution in [0, 0.1) is 11.8 Å². The van der Waals surface area contributed by atoms with Gasteiger partial charge in [0.05, 0.1) is 11.8 Å². The number of thioether (sulfide) groups is 1. The van der Waals surface area contributed by atoms with Gasteiger partial charge in [-0.1, -0.05) is 12.8 Å². The fraction of sp³-hybridized carbons (Fsp3) is 0.769. The molecule has 1 heterocycles. The van der Waals surface area contributed by atoms with Crippen LogP contribution in [0.15, 0.2) is 0 Å². The second-order valence-electron chi connectivity index (χ2n) is 5.18. The zero-order chi connectivity index (χ0) is 14.0. The first kappa shape index (κ1) is 14.4. The average molecular weight is 285 g/mol. The van der Waals surface area contributed by atoms with Gasteiger partial charge in [-0.25, -0.2) is 4.79 Å². The zero-order valence-corrected chi connectivity index (χ0v) is 11.8. The van der Waals surface area contributed by atoms with Crippen LogP contribution in [0.1, 0.15) is 32.1 Å². The van der Waals surface area contributed by atoms with Crippen LogP contribution >= 0.6 is 11.8 Å². The average Bonchev–Trinajstić information content (AvgIpc) is 2.64. The van der Waals surface area contributed by atoms with E-state index in [1.54, 1.807) is 0 Å². The molecule has 0 bridgehead atoms. The monoisotopic (exact) mass is 285 g/mol. The molecule has 6 heteroatoms. The Kier molecular flexibility index (Phi) is 4.50. The smallest absolute Gasteiger partial charge is 0.326 e. The van der Waals surface area contributed by atoms with E-state index >= 15 is 0 Å². The number of nitrogens with zero attached hydrogens (tertiary/aromatic N) is 1. The number of hydrogen-bond donors (Lipinski definition) is 1. The van der Waals surface area contributed by atoms with Gasteiger partial charge in [-0.3, -0.25) is 14.5 Å². The minimum absolute atomic E-state index is 0.261. The van der Waals surface area contributed by atoms with Crippen molar-refractivity contribution in [2.75, 3.05) is 12.0 Å². The van der Waals surface area contributed by atoms with E-state index in [2.05, 4.69) is 0 Å². The van der Waals surface area contributed by atoms with E-state index < -0.39 is 12.0 Å². The second kappa shape index (κ2) is 5.94. The van der Waals surface area contributed by atoms with Crippen LogP contribution in [0.2, 0.25) is 0 Å². The van der Waals surface area contributed by atoms with Crippen LogP contribution in [0.5, 0.6) is 0 Å². The van der Waals surface area contributed by atoms with E-state index in [1.807, 2.05) is 6.26 Å². The van der Waals surface area contributed by atoms with E-state index in [1.165, 1.54) is 11.8 Å². The van der Waals surface area contributed by atoms with Crippen molar-refractivity contribution >= 4 is 29.5 Å². The molecule has 0 aromatic carbocycles.